The van der Waals surface area contributed by atoms with E-state index in [1.54, 1.807) is 6.07 Å². The first kappa shape index (κ1) is 13.5. The lowest BCUT2D eigenvalue weighted by Crippen LogP contribution is -2.22. The van der Waals surface area contributed by atoms with E-state index in [9.17, 15) is 4.79 Å². The Balaban J connectivity index is 1.79. The standard InChI is InChI=1S/C15H18N4O2/c1-2-4-10-9-13(19-18-10)17-15(20)11-5-3-6-12-14(11)21-8-7-16-12/h3,5-6,9,16H,2,4,7-8H2,1H3,(H2,17,18,19,20). The van der Waals surface area contributed by atoms with Gasteiger partial charge in [0.15, 0.2) is 11.6 Å². The molecule has 0 aliphatic carbocycles. The maximum absolute atomic E-state index is 12.4. The first-order valence-corrected chi connectivity index (χ1v) is 7.13. The highest BCUT2D eigenvalue weighted by Gasteiger charge is 2.19. The minimum atomic E-state index is -0.218. The molecule has 0 saturated carbocycles. The molecule has 110 valence electrons. The summed E-state index contributed by atoms with van der Waals surface area (Å²) in [5.41, 5.74) is 2.38. The molecule has 6 nitrogen and oxygen atoms in total. The molecular weight excluding hydrogens is 268 g/mol. The van der Waals surface area contributed by atoms with Crippen molar-refractivity contribution < 1.29 is 9.53 Å². The molecule has 1 aromatic carbocycles. The van der Waals surface area contributed by atoms with E-state index in [1.165, 1.54) is 0 Å². The number of hydrogen-bond acceptors (Lipinski definition) is 4. The minimum absolute atomic E-state index is 0.218. The molecule has 1 aromatic heterocycles. The van der Waals surface area contributed by atoms with E-state index in [1.807, 2.05) is 18.2 Å². The third-order valence-corrected chi connectivity index (χ3v) is 3.32. The van der Waals surface area contributed by atoms with Crippen LogP contribution in [0.15, 0.2) is 24.3 Å². The van der Waals surface area contributed by atoms with Crippen molar-refractivity contribution in [2.24, 2.45) is 0 Å². The number of anilines is 2. The lowest BCUT2D eigenvalue weighted by atomic mass is 10.1. The van der Waals surface area contributed by atoms with Gasteiger partial charge in [0.25, 0.3) is 5.91 Å². The SMILES string of the molecule is CCCc1cc(NC(=O)c2cccc3c2OCCN3)n[nH]1. The molecule has 1 aliphatic rings. The molecule has 0 bridgehead atoms. The fourth-order valence-corrected chi connectivity index (χ4v) is 2.36. The number of aryl methyl sites for hydroxylation is 1. The number of carbonyl (C=O) groups is 1. The molecule has 0 unspecified atom stereocenters. The Hall–Kier alpha value is -2.50. The minimum Gasteiger partial charge on any atom is -0.489 e. The number of aromatic nitrogens is 2. The molecule has 2 heterocycles. The molecule has 1 amide bonds. The summed E-state index contributed by atoms with van der Waals surface area (Å²) in [7, 11) is 0. The van der Waals surface area contributed by atoms with Crippen LogP contribution in [0.5, 0.6) is 5.75 Å². The number of amides is 1. The van der Waals surface area contributed by atoms with Gasteiger partial charge < -0.3 is 15.4 Å². The third kappa shape index (κ3) is 2.84. The summed E-state index contributed by atoms with van der Waals surface area (Å²) in [4.78, 5) is 12.4. The largest absolute Gasteiger partial charge is 0.489 e. The number of hydrogen-bond donors (Lipinski definition) is 3. The molecule has 0 radical (unpaired) electrons. The van der Waals surface area contributed by atoms with E-state index < -0.39 is 0 Å². The highest BCUT2D eigenvalue weighted by molar-refractivity contribution is 6.07. The number of ether oxygens (including phenoxy) is 1. The molecule has 0 fully saturated rings. The van der Waals surface area contributed by atoms with E-state index in [0.29, 0.717) is 23.7 Å². The number of para-hydroxylation sites is 1. The van der Waals surface area contributed by atoms with E-state index in [2.05, 4.69) is 27.8 Å². The second kappa shape index (κ2) is 5.87. The Labute approximate surface area is 122 Å². The van der Waals surface area contributed by atoms with Gasteiger partial charge in [-0.1, -0.05) is 19.4 Å². The lowest BCUT2D eigenvalue weighted by molar-refractivity contribution is 0.102. The van der Waals surface area contributed by atoms with Gasteiger partial charge in [-0.2, -0.15) is 5.10 Å². The second-order valence-electron chi connectivity index (χ2n) is 4.94. The van der Waals surface area contributed by atoms with Crippen LogP contribution in [0.2, 0.25) is 0 Å². The van der Waals surface area contributed by atoms with Crippen LogP contribution in [0.3, 0.4) is 0 Å². The van der Waals surface area contributed by atoms with Crippen molar-refractivity contribution in [3.63, 3.8) is 0 Å². The Morgan fingerprint density at radius 2 is 2.38 bits per heavy atom. The van der Waals surface area contributed by atoms with Crippen molar-refractivity contribution in [1.82, 2.24) is 10.2 Å². The quantitative estimate of drug-likeness (QED) is 0.806. The first-order valence-electron chi connectivity index (χ1n) is 7.13. The molecule has 3 rings (SSSR count). The summed E-state index contributed by atoms with van der Waals surface area (Å²) in [5, 5.41) is 13.0. The van der Waals surface area contributed by atoms with Crippen LogP contribution in [0.4, 0.5) is 11.5 Å². The normalized spacial score (nSPS) is 13.0. The first-order chi connectivity index (χ1) is 10.3. The summed E-state index contributed by atoms with van der Waals surface area (Å²) in [5.74, 6) is 0.917. The number of nitrogens with zero attached hydrogens (tertiary/aromatic N) is 1. The van der Waals surface area contributed by atoms with Crippen molar-refractivity contribution in [2.75, 3.05) is 23.8 Å². The number of carbonyl (C=O) groups excluding carboxylic acids is 1. The van der Waals surface area contributed by atoms with Crippen molar-refractivity contribution in [1.29, 1.82) is 0 Å². The third-order valence-electron chi connectivity index (χ3n) is 3.32. The maximum atomic E-state index is 12.4. The van der Waals surface area contributed by atoms with Crippen molar-refractivity contribution in [3.05, 3.63) is 35.5 Å². The van der Waals surface area contributed by atoms with Gasteiger partial charge in [0, 0.05) is 18.3 Å². The van der Waals surface area contributed by atoms with Crippen LogP contribution in [-0.2, 0) is 6.42 Å². The number of rotatable bonds is 4. The topological polar surface area (TPSA) is 79.0 Å². The van der Waals surface area contributed by atoms with Gasteiger partial charge in [0.1, 0.15) is 6.61 Å². The summed E-state index contributed by atoms with van der Waals surface area (Å²) in [6.07, 6.45) is 1.94. The monoisotopic (exact) mass is 286 g/mol. The number of H-pyrrole nitrogens is 1. The zero-order valence-electron chi connectivity index (χ0n) is 11.9. The number of benzene rings is 1. The molecule has 6 heteroatoms. The summed E-state index contributed by atoms with van der Waals surface area (Å²) in [6.45, 7) is 3.40. The van der Waals surface area contributed by atoms with Gasteiger partial charge in [-0.25, -0.2) is 0 Å². The zero-order chi connectivity index (χ0) is 14.7. The van der Waals surface area contributed by atoms with E-state index in [4.69, 9.17) is 4.74 Å². The molecular formula is C15H18N4O2. The van der Waals surface area contributed by atoms with Gasteiger partial charge in [-0.05, 0) is 18.6 Å². The van der Waals surface area contributed by atoms with Crippen LogP contribution in [0.1, 0.15) is 29.4 Å². The molecule has 2 aromatic rings. The summed E-state index contributed by atoms with van der Waals surface area (Å²) < 4.78 is 5.61. The maximum Gasteiger partial charge on any atom is 0.260 e. The molecule has 3 N–H and O–H groups in total. The molecule has 0 saturated heterocycles. The Bertz CT molecular complexity index is 651. The van der Waals surface area contributed by atoms with Crippen LogP contribution in [0.25, 0.3) is 0 Å². The molecule has 0 atom stereocenters. The Kier molecular flexibility index (Phi) is 3.77. The van der Waals surface area contributed by atoms with Crippen molar-refractivity contribution in [2.45, 2.75) is 19.8 Å². The predicted octanol–water partition coefficient (Wildman–Crippen LogP) is 2.42. The smallest absolute Gasteiger partial charge is 0.260 e. The highest BCUT2D eigenvalue weighted by atomic mass is 16.5. The zero-order valence-corrected chi connectivity index (χ0v) is 11.9. The predicted molar refractivity (Wildman–Crippen MR) is 81.0 cm³/mol. The van der Waals surface area contributed by atoms with Gasteiger partial charge in [0.05, 0.1) is 11.3 Å². The molecule has 0 spiro atoms. The molecule has 1 aliphatic heterocycles. The Morgan fingerprint density at radius 3 is 3.24 bits per heavy atom. The van der Waals surface area contributed by atoms with E-state index >= 15 is 0 Å². The van der Waals surface area contributed by atoms with Crippen LogP contribution < -0.4 is 15.4 Å². The van der Waals surface area contributed by atoms with E-state index in [0.717, 1.165) is 30.8 Å². The Morgan fingerprint density at radius 1 is 1.48 bits per heavy atom. The van der Waals surface area contributed by atoms with Crippen molar-refractivity contribution >= 4 is 17.4 Å². The van der Waals surface area contributed by atoms with Gasteiger partial charge in [-0.3, -0.25) is 9.89 Å². The van der Waals surface area contributed by atoms with Crippen molar-refractivity contribution in [3.8, 4) is 5.75 Å². The summed E-state index contributed by atoms with van der Waals surface area (Å²) >= 11 is 0. The average molecular weight is 286 g/mol. The van der Waals surface area contributed by atoms with Crippen LogP contribution in [0, 0.1) is 0 Å². The fourth-order valence-electron chi connectivity index (χ4n) is 2.36. The summed E-state index contributed by atoms with van der Waals surface area (Å²) in [6, 6.07) is 7.35. The number of fused-ring (bicyclic) bond motifs is 1. The highest BCUT2D eigenvalue weighted by Crippen LogP contribution is 2.31. The van der Waals surface area contributed by atoms with Gasteiger partial charge in [-0.15, -0.1) is 0 Å². The van der Waals surface area contributed by atoms with Gasteiger partial charge >= 0.3 is 0 Å². The number of nitrogens with one attached hydrogen (secondary N) is 3. The fraction of sp³-hybridized carbons (Fsp3) is 0.333. The average Bonchev–Trinajstić information content (AvgIpc) is 2.94. The molecule has 21 heavy (non-hydrogen) atoms. The number of aromatic amines is 1. The second-order valence-corrected chi connectivity index (χ2v) is 4.94. The van der Waals surface area contributed by atoms with Crippen LogP contribution >= 0.6 is 0 Å². The van der Waals surface area contributed by atoms with Gasteiger partial charge in [0.2, 0.25) is 0 Å². The lowest BCUT2D eigenvalue weighted by Gasteiger charge is -2.21. The van der Waals surface area contributed by atoms with Crippen LogP contribution in [-0.4, -0.2) is 29.3 Å². The van der Waals surface area contributed by atoms with E-state index in [-0.39, 0.29) is 5.91 Å².